The molecule has 0 aliphatic carbocycles. The SMILES string of the molecule is C[SiH2]C(C)(OCc1cccc(Oc2ccccc2)c1)c1ccccc1. The van der Waals surface area contributed by atoms with Crippen LogP contribution in [0.15, 0.2) is 84.9 Å². The molecular formula is C22H24O2Si. The van der Waals surface area contributed by atoms with Crippen LogP contribution in [0.2, 0.25) is 6.55 Å². The number of benzene rings is 3. The first kappa shape index (κ1) is 17.5. The van der Waals surface area contributed by atoms with Gasteiger partial charge in [0.25, 0.3) is 0 Å². The highest BCUT2D eigenvalue weighted by Crippen LogP contribution is 2.27. The zero-order valence-electron chi connectivity index (χ0n) is 14.8. The highest BCUT2D eigenvalue weighted by Gasteiger charge is 2.25. The van der Waals surface area contributed by atoms with Crippen molar-refractivity contribution < 1.29 is 9.47 Å². The monoisotopic (exact) mass is 348 g/mol. The van der Waals surface area contributed by atoms with Crippen molar-refractivity contribution >= 4 is 9.52 Å². The Morgan fingerprint density at radius 1 is 0.800 bits per heavy atom. The second-order valence-electron chi connectivity index (χ2n) is 6.30. The molecule has 1 atom stereocenters. The van der Waals surface area contributed by atoms with Gasteiger partial charge in [-0.3, -0.25) is 0 Å². The Bertz CT molecular complexity index is 789. The van der Waals surface area contributed by atoms with E-state index in [1.165, 1.54) is 5.56 Å². The van der Waals surface area contributed by atoms with Gasteiger partial charge in [0, 0.05) is 0 Å². The molecule has 3 aromatic carbocycles. The molecular weight excluding hydrogens is 324 g/mol. The first-order chi connectivity index (χ1) is 12.2. The smallest absolute Gasteiger partial charge is 0.127 e. The number of ether oxygens (including phenoxy) is 2. The van der Waals surface area contributed by atoms with Gasteiger partial charge in [0.15, 0.2) is 0 Å². The van der Waals surface area contributed by atoms with Gasteiger partial charge in [-0.2, -0.15) is 0 Å². The highest BCUT2D eigenvalue weighted by molar-refractivity contribution is 6.37. The Balaban J connectivity index is 1.69. The number of rotatable bonds is 7. The third-order valence-corrected chi connectivity index (χ3v) is 6.46. The largest absolute Gasteiger partial charge is 0.457 e. The van der Waals surface area contributed by atoms with Gasteiger partial charge < -0.3 is 9.47 Å². The summed E-state index contributed by atoms with van der Waals surface area (Å²) < 4.78 is 12.3. The van der Waals surface area contributed by atoms with Crippen molar-refractivity contribution in [3.05, 3.63) is 96.1 Å². The summed E-state index contributed by atoms with van der Waals surface area (Å²) in [6.45, 7) is 5.08. The topological polar surface area (TPSA) is 18.5 Å². The van der Waals surface area contributed by atoms with Crippen LogP contribution in [-0.2, 0) is 16.6 Å². The molecule has 0 N–H and O–H groups in total. The molecule has 0 saturated carbocycles. The van der Waals surface area contributed by atoms with Gasteiger partial charge in [0.05, 0.1) is 21.4 Å². The normalized spacial score (nSPS) is 13.7. The maximum Gasteiger partial charge on any atom is 0.127 e. The van der Waals surface area contributed by atoms with E-state index >= 15 is 0 Å². The molecule has 0 amide bonds. The molecule has 2 nitrogen and oxygen atoms in total. The standard InChI is InChI=1S/C22H24O2Si/c1-22(25-2,19-11-5-3-6-12-19)23-17-18-10-9-15-21(16-18)24-20-13-7-4-8-14-20/h3-16H,17,25H2,1-2H3. The van der Waals surface area contributed by atoms with Gasteiger partial charge in [-0.05, 0) is 42.3 Å². The van der Waals surface area contributed by atoms with E-state index in [2.05, 4.69) is 49.9 Å². The van der Waals surface area contributed by atoms with Gasteiger partial charge in [0.2, 0.25) is 0 Å². The van der Waals surface area contributed by atoms with Crippen molar-refractivity contribution in [2.75, 3.05) is 0 Å². The Morgan fingerprint density at radius 2 is 1.44 bits per heavy atom. The van der Waals surface area contributed by atoms with Crippen molar-refractivity contribution in [3.63, 3.8) is 0 Å². The number of hydrogen-bond acceptors (Lipinski definition) is 2. The van der Waals surface area contributed by atoms with Crippen LogP contribution in [0.3, 0.4) is 0 Å². The summed E-state index contributed by atoms with van der Waals surface area (Å²) in [6, 6.07) is 28.5. The molecule has 0 aliphatic heterocycles. The van der Waals surface area contributed by atoms with E-state index in [0.717, 1.165) is 17.1 Å². The first-order valence-electron chi connectivity index (χ1n) is 8.71. The van der Waals surface area contributed by atoms with Crippen molar-refractivity contribution in [2.24, 2.45) is 0 Å². The lowest BCUT2D eigenvalue weighted by molar-refractivity contribution is 0.0140. The Kier molecular flexibility index (Phi) is 5.69. The van der Waals surface area contributed by atoms with E-state index in [4.69, 9.17) is 9.47 Å². The van der Waals surface area contributed by atoms with E-state index in [0.29, 0.717) is 6.61 Å². The van der Waals surface area contributed by atoms with E-state index in [-0.39, 0.29) is 5.22 Å². The van der Waals surface area contributed by atoms with Gasteiger partial charge in [-0.25, -0.2) is 0 Å². The molecule has 3 aromatic rings. The molecule has 3 rings (SSSR count). The molecule has 0 radical (unpaired) electrons. The minimum Gasteiger partial charge on any atom is -0.457 e. The molecule has 1 unspecified atom stereocenters. The summed E-state index contributed by atoms with van der Waals surface area (Å²) in [7, 11) is -0.393. The minimum atomic E-state index is -0.393. The van der Waals surface area contributed by atoms with Crippen molar-refractivity contribution in [1.29, 1.82) is 0 Å². The summed E-state index contributed by atoms with van der Waals surface area (Å²) in [4.78, 5) is 0. The van der Waals surface area contributed by atoms with Crippen molar-refractivity contribution in [3.8, 4) is 11.5 Å². The second-order valence-corrected chi connectivity index (χ2v) is 8.36. The van der Waals surface area contributed by atoms with E-state index < -0.39 is 9.52 Å². The van der Waals surface area contributed by atoms with E-state index in [1.807, 2.05) is 48.5 Å². The van der Waals surface area contributed by atoms with Gasteiger partial charge in [-0.1, -0.05) is 67.2 Å². The zero-order valence-corrected chi connectivity index (χ0v) is 16.2. The Hall–Kier alpha value is -2.36. The quantitative estimate of drug-likeness (QED) is 0.554. The zero-order chi connectivity index (χ0) is 17.5. The molecule has 128 valence electrons. The lowest BCUT2D eigenvalue weighted by Gasteiger charge is -2.29. The van der Waals surface area contributed by atoms with Crippen LogP contribution in [0.4, 0.5) is 0 Å². The second kappa shape index (κ2) is 8.14. The summed E-state index contributed by atoms with van der Waals surface area (Å²) in [6.07, 6.45) is 0. The van der Waals surface area contributed by atoms with Crippen LogP contribution >= 0.6 is 0 Å². The van der Waals surface area contributed by atoms with Crippen LogP contribution in [0.1, 0.15) is 18.1 Å². The summed E-state index contributed by atoms with van der Waals surface area (Å²) in [5.41, 5.74) is 2.39. The average Bonchev–Trinajstić information content (AvgIpc) is 2.68. The fourth-order valence-corrected chi connectivity index (χ4v) is 3.70. The van der Waals surface area contributed by atoms with Crippen LogP contribution < -0.4 is 4.74 Å². The highest BCUT2D eigenvalue weighted by atomic mass is 28.2. The third kappa shape index (κ3) is 4.59. The van der Waals surface area contributed by atoms with Crippen LogP contribution in [0.25, 0.3) is 0 Å². The lowest BCUT2D eigenvalue weighted by Crippen LogP contribution is -2.31. The maximum absolute atomic E-state index is 6.36. The number of hydrogen-bond donors (Lipinski definition) is 0. The van der Waals surface area contributed by atoms with Crippen molar-refractivity contribution in [2.45, 2.75) is 25.3 Å². The molecule has 0 aromatic heterocycles. The lowest BCUT2D eigenvalue weighted by atomic mass is 10.1. The van der Waals surface area contributed by atoms with E-state index in [1.54, 1.807) is 0 Å². The molecule has 0 spiro atoms. The molecule has 0 saturated heterocycles. The Labute approximate surface area is 152 Å². The maximum atomic E-state index is 6.36. The summed E-state index contributed by atoms with van der Waals surface area (Å²) in [5, 5.41) is -0.155. The summed E-state index contributed by atoms with van der Waals surface area (Å²) in [5.74, 6) is 1.68. The van der Waals surface area contributed by atoms with Gasteiger partial charge >= 0.3 is 0 Å². The fraction of sp³-hybridized carbons (Fsp3) is 0.182. The van der Waals surface area contributed by atoms with Crippen molar-refractivity contribution in [1.82, 2.24) is 0 Å². The average molecular weight is 349 g/mol. The van der Waals surface area contributed by atoms with Crippen LogP contribution in [-0.4, -0.2) is 9.52 Å². The molecule has 0 fully saturated rings. The molecule has 0 aliphatic rings. The number of para-hydroxylation sites is 1. The molecule has 3 heteroatoms. The minimum absolute atomic E-state index is 0.155. The van der Waals surface area contributed by atoms with Crippen LogP contribution in [0.5, 0.6) is 11.5 Å². The molecule has 0 bridgehead atoms. The van der Waals surface area contributed by atoms with Gasteiger partial charge in [-0.15, -0.1) is 0 Å². The molecule has 0 heterocycles. The Morgan fingerprint density at radius 3 is 2.12 bits per heavy atom. The molecule has 25 heavy (non-hydrogen) atoms. The van der Waals surface area contributed by atoms with E-state index in [9.17, 15) is 0 Å². The predicted molar refractivity (Wildman–Crippen MR) is 106 cm³/mol. The fourth-order valence-electron chi connectivity index (χ4n) is 2.75. The van der Waals surface area contributed by atoms with Gasteiger partial charge in [0.1, 0.15) is 11.5 Å². The summed E-state index contributed by atoms with van der Waals surface area (Å²) >= 11 is 0. The van der Waals surface area contributed by atoms with Crippen LogP contribution in [0, 0.1) is 0 Å². The predicted octanol–water partition coefficient (Wildman–Crippen LogP) is 5.09. The third-order valence-electron chi connectivity index (χ3n) is 4.49. The first-order valence-corrected chi connectivity index (χ1v) is 10.8.